The van der Waals surface area contributed by atoms with Crippen LogP contribution >= 0.6 is 0 Å². The fourth-order valence-corrected chi connectivity index (χ4v) is 2.83. The minimum atomic E-state index is -1.65. The molecule has 0 aliphatic rings. The Morgan fingerprint density at radius 2 is 1.17 bits per heavy atom. The molecule has 0 fully saturated rings. The summed E-state index contributed by atoms with van der Waals surface area (Å²) in [5, 5.41) is 24.8. The zero-order chi connectivity index (χ0) is 27.1. The molecule has 13 N–H and O–H groups in total. The number of carboxylic acid groups (broad SMARTS) is 2. The number of aliphatic carboxylic acids is 2. The summed E-state index contributed by atoms with van der Waals surface area (Å²) in [6, 6.07) is -5.82. The molecule has 198 valence electrons. The summed E-state index contributed by atoms with van der Waals surface area (Å²) in [5.74, 6) is -7.51. The van der Waals surface area contributed by atoms with Crippen molar-refractivity contribution in [2.24, 2.45) is 22.9 Å². The number of carboxylic acids is 2. The van der Waals surface area contributed by atoms with Crippen molar-refractivity contribution in [2.75, 3.05) is 6.54 Å². The van der Waals surface area contributed by atoms with Gasteiger partial charge in [-0.1, -0.05) is 0 Å². The summed E-state index contributed by atoms with van der Waals surface area (Å²) in [6.45, 7) is 0.275. The van der Waals surface area contributed by atoms with Crippen molar-refractivity contribution in [1.29, 1.82) is 0 Å². The Morgan fingerprint density at radius 1 is 0.686 bits per heavy atom. The van der Waals surface area contributed by atoms with E-state index in [2.05, 4.69) is 16.0 Å². The molecular formula is C19H33N7O9. The molecule has 0 heterocycles. The minimum Gasteiger partial charge on any atom is -0.481 e. The maximum absolute atomic E-state index is 12.8. The lowest BCUT2D eigenvalue weighted by molar-refractivity contribution is -0.143. The summed E-state index contributed by atoms with van der Waals surface area (Å²) >= 11 is 0. The van der Waals surface area contributed by atoms with Crippen molar-refractivity contribution in [3.8, 4) is 0 Å². The van der Waals surface area contributed by atoms with E-state index in [9.17, 15) is 38.7 Å². The van der Waals surface area contributed by atoms with E-state index in [1.165, 1.54) is 0 Å². The highest BCUT2D eigenvalue weighted by Gasteiger charge is 2.31. The Hall–Kier alpha value is -3.79. The molecule has 5 amide bonds. The number of carbonyl (C=O) groups is 7. The lowest BCUT2D eigenvalue weighted by atomic mass is 10.0. The van der Waals surface area contributed by atoms with Gasteiger partial charge in [-0.15, -0.1) is 0 Å². The van der Waals surface area contributed by atoms with Crippen LogP contribution in [0.4, 0.5) is 0 Å². The third kappa shape index (κ3) is 13.5. The Morgan fingerprint density at radius 3 is 1.63 bits per heavy atom. The molecule has 16 nitrogen and oxygen atoms in total. The predicted molar refractivity (Wildman–Crippen MR) is 119 cm³/mol. The number of amides is 5. The highest BCUT2D eigenvalue weighted by atomic mass is 16.4. The summed E-state index contributed by atoms with van der Waals surface area (Å²) in [6.07, 6.45) is -1.32. The van der Waals surface area contributed by atoms with E-state index < -0.39 is 84.9 Å². The fraction of sp³-hybridized carbons (Fsp3) is 0.632. The lowest BCUT2D eigenvalue weighted by Gasteiger charge is -2.25. The standard InChI is InChI=1S/C19H33N7O9/c20-6-2-1-3-10(17(32)26-12(19(34)35)8-14(23)28)25-18(33)11(4-5-15(29)30)24-16(31)9(21)7-13(22)27/h9-12H,1-8,20-21H2,(H2,22,27)(H2,23,28)(H,24,31)(H,25,33)(H,26,32)(H,29,30)(H,34,35). The van der Waals surface area contributed by atoms with Gasteiger partial charge in [0.05, 0.1) is 18.9 Å². The van der Waals surface area contributed by atoms with Crippen LogP contribution < -0.4 is 38.9 Å². The quantitative estimate of drug-likeness (QED) is 0.0804. The van der Waals surface area contributed by atoms with E-state index in [0.29, 0.717) is 12.8 Å². The first-order valence-electron chi connectivity index (χ1n) is 10.7. The lowest BCUT2D eigenvalue weighted by Crippen LogP contribution is -2.57. The van der Waals surface area contributed by atoms with E-state index >= 15 is 0 Å². The largest absolute Gasteiger partial charge is 0.481 e. The van der Waals surface area contributed by atoms with Crippen LogP contribution in [0.3, 0.4) is 0 Å². The normalized spacial score (nSPS) is 14.0. The SMILES string of the molecule is NCCCCC(NC(=O)C(CCC(=O)O)NC(=O)C(N)CC(N)=O)C(=O)NC(CC(N)=O)C(=O)O. The maximum atomic E-state index is 12.8. The number of carbonyl (C=O) groups excluding carboxylic acids is 5. The van der Waals surface area contributed by atoms with E-state index in [1.807, 2.05) is 0 Å². The van der Waals surface area contributed by atoms with Crippen LogP contribution in [0.1, 0.15) is 44.9 Å². The van der Waals surface area contributed by atoms with E-state index in [-0.39, 0.29) is 19.4 Å². The molecule has 0 spiro atoms. The molecule has 0 aromatic rings. The van der Waals surface area contributed by atoms with E-state index in [0.717, 1.165) is 0 Å². The van der Waals surface area contributed by atoms with Crippen molar-refractivity contribution in [1.82, 2.24) is 16.0 Å². The first-order chi connectivity index (χ1) is 16.3. The summed E-state index contributed by atoms with van der Waals surface area (Å²) in [5.41, 5.74) is 21.0. The molecule has 0 aromatic carbocycles. The number of nitrogens with one attached hydrogen (secondary N) is 3. The zero-order valence-electron chi connectivity index (χ0n) is 19.0. The molecule has 0 aliphatic carbocycles. The van der Waals surface area contributed by atoms with Gasteiger partial charge in [-0.25, -0.2) is 4.79 Å². The third-order valence-electron chi connectivity index (χ3n) is 4.64. The van der Waals surface area contributed by atoms with Gasteiger partial charge in [0.25, 0.3) is 0 Å². The van der Waals surface area contributed by atoms with Gasteiger partial charge in [-0.05, 0) is 32.2 Å². The molecule has 16 heteroatoms. The summed E-state index contributed by atoms with van der Waals surface area (Å²) < 4.78 is 0. The van der Waals surface area contributed by atoms with Gasteiger partial charge < -0.3 is 49.1 Å². The molecular weight excluding hydrogens is 470 g/mol. The van der Waals surface area contributed by atoms with Crippen LogP contribution in [0.5, 0.6) is 0 Å². The number of primary amides is 2. The highest BCUT2D eigenvalue weighted by Crippen LogP contribution is 2.06. The van der Waals surface area contributed by atoms with Crippen molar-refractivity contribution in [2.45, 2.75) is 69.1 Å². The Balaban J connectivity index is 5.61. The molecule has 0 saturated heterocycles. The van der Waals surface area contributed by atoms with E-state index in [1.54, 1.807) is 0 Å². The topological polar surface area (TPSA) is 300 Å². The second-order valence-corrected chi connectivity index (χ2v) is 7.69. The molecule has 0 saturated carbocycles. The summed E-state index contributed by atoms with van der Waals surface area (Å²) in [7, 11) is 0. The molecule has 35 heavy (non-hydrogen) atoms. The van der Waals surface area contributed by atoms with Crippen LogP contribution in [0, 0.1) is 0 Å². The average Bonchev–Trinajstić information content (AvgIpc) is 2.74. The van der Waals surface area contributed by atoms with Crippen molar-refractivity contribution >= 4 is 41.5 Å². The first kappa shape index (κ1) is 31.2. The zero-order valence-corrected chi connectivity index (χ0v) is 19.0. The minimum absolute atomic E-state index is 0.0124. The smallest absolute Gasteiger partial charge is 0.326 e. The van der Waals surface area contributed by atoms with Crippen molar-refractivity contribution in [3.63, 3.8) is 0 Å². The molecule has 0 bridgehead atoms. The number of hydrogen-bond donors (Lipinski definition) is 9. The first-order valence-corrected chi connectivity index (χ1v) is 10.7. The van der Waals surface area contributed by atoms with Crippen molar-refractivity contribution in [3.05, 3.63) is 0 Å². The van der Waals surface area contributed by atoms with Gasteiger partial charge in [-0.3, -0.25) is 28.8 Å². The molecule has 4 unspecified atom stereocenters. The number of rotatable bonds is 18. The monoisotopic (exact) mass is 503 g/mol. The van der Waals surface area contributed by atoms with Gasteiger partial charge in [0.2, 0.25) is 29.5 Å². The molecule has 0 aromatic heterocycles. The second kappa shape index (κ2) is 15.9. The van der Waals surface area contributed by atoms with Gasteiger partial charge >= 0.3 is 11.9 Å². The number of nitrogens with two attached hydrogens (primary N) is 4. The van der Waals surface area contributed by atoms with Crippen LogP contribution in [-0.4, -0.2) is 82.4 Å². The van der Waals surface area contributed by atoms with Crippen molar-refractivity contribution < 1.29 is 43.8 Å². The van der Waals surface area contributed by atoms with Gasteiger partial charge in [-0.2, -0.15) is 0 Å². The molecule has 0 radical (unpaired) electrons. The van der Waals surface area contributed by atoms with Crippen LogP contribution in [-0.2, 0) is 33.6 Å². The van der Waals surface area contributed by atoms with Gasteiger partial charge in [0.15, 0.2) is 0 Å². The number of hydrogen-bond acceptors (Lipinski definition) is 9. The van der Waals surface area contributed by atoms with Gasteiger partial charge in [0, 0.05) is 6.42 Å². The van der Waals surface area contributed by atoms with Crippen LogP contribution in [0.2, 0.25) is 0 Å². The molecule has 0 rings (SSSR count). The van der Waals surface area contributed by atoms with Gasteiger partial charge in [0.1, 0.15) is 18.1 Å². The van der Waals surface area contributed by atoms with E-state index in [4.69, 9.17) is 28.0 Å². The summed E-state index contributed by atoms with van der Waals surface area (Å²) in [4.78, 5) is 82.1. The molecule has 0 aliphatic heterocycles. The third-order valence-corrected chi connectivity index (χ3v) is 4.64. The Kier molecular flexibility index (Phi) is 14.2. The maximum Gasteiger partial charge on any atom is 0.326 e. The van der Waals surface area contributed by atoms with Crippen LogP contribution in [0.25, 0.3) is 0 Å². The second-order valence-electron chi connectivity index (χ2n) is 7.69. The highest BCUT2D eigenvalue weighted by molar-refractivity contribution is 5.95. The Labute approximate surface area is 200 Å². The fourth-order valence-electron chi connectivity index (χ4n) is 2.83. The Bertz CT molecular complexity index is 806. The number of unbranched alkanes of at least 4 members (excludes halogenated alkanes) is 1. The van der Waals surface area contributed by atoms with Crippen LogP contribution in [0.15, 0.2) is 0 Å². The predicted octanol–water partition coefficient (Wildman–Crippen LogP) is -4.40. The average molecular weight is 504 g/mol. The molecule has 4 atom stereocenters.